The van der Waals surface area contributed by atoms with Gasteiger partial charge in [-0.3, -0.25) is 4.68 Å². The molecule has 0 bridgehead atoms. The lowest BCUT2D eigenvalue weighted by atomic mass is 9.75. The Morgan fingerprint density at radius 1 is 1.56 bits per heavy atom. The van der Waals surface area contributed by atoms with Gasteiger partial charge in [0.05, 0.1) is 22.0 Å². The SMILES string of the molecule is Cc1nn(C)c(CC2=CC(O)CC(C)(C)C2)c1Br. The summed E-state index contributed by atoms with van der Waals surface area (Å²) in [6.07, 6.45) is 4.46. The number of aryl methyl sites for hydroxylation is 2. The van der Waals surface area contributed by atoms with Crippen molar-refractivity contribution in [2.75, 3.05) is 0 Å². The zero-order valence-corrected chi connectivity index (χ0v) is 13.1. The lowest BCUT2D eigenvalue weighted by molar-refractivity contribution is 0.138. The van der Waals surface area contributed by atoms with E-state index in [2.05, 4.69) is 34.9 Å². The molecule has 0 spiro atoms. The lowest BCUT2D eigenvalue weighted by Crippen LogP contribution is -2.25. The van der Waals surface area contributed by atoms with Gasteiger partial charge in [-0.25, -0.2) is 0 Å². The molecule has 0 saturated carbocycles. The van der Waals surface area contributed by atoms with Gasteiger partial charge in [-0.15, -0.1) is 0 Å². The average molecular weight is 313 g/mol. The summed E-state index contributed by atoms with van der Waals surface area (Å²) >= 11 is 3.60. The Bertz CT molecular complexity index is 488. The van der Waals surface area contributed by atoms with Gasteiger partial charge in [-0.05, 0) is 41.1 Å². The highest BCUT2D eigenvalue weighted by Crippen LogP contribution is 2.37. The molecule has 1 aromatic rings. The number of aromatic nitrogens is 2. The molecule has 18 heavy (non-hydrogen) atoms. The number of halogens is 1. The third-order valence-corrected chi connectivity index (χ3v) is 4.58. The van der Waals surface area contributed by atoms with Crippen LogP contribution >= 0.6 is 15.9 Å². The summed E-state index contributed by atoms with van der Waals surface area (Å²) < 4.78 is 3.01. The largest absolute Gasteiger partial charge is 0.389 e. The van der Waals surface area contributed by atoms with Crippen molar-refractivity contribution in [1.29, 1.82) is 0 Å². The first-order valence-corrected chi connectivity index (χ1v) is 7.13. The molecular formula is C14H21BrN2O. The van der Waals surface area contributed by atoms with Gasteiger partial charge in [0.15, 0.2) is 0 Å². The minimum Gasteiger partial charge on any atom is -0.389 e. The predicted molar refractivity (Wildman–Crippen MR) is 76.5 cm³/mol. The lowest BCUT2D eigenvalue weighted by Gasteiger charge is -2.32. The zero-order chi connectivity index (χ0) is 13.5. The Labute approximate surface area is 117 Å². The van der Waals surface area contributed by atoms with E-state index in [1.54, 1.807) is 0 Å². The number of nitrogens with zero attached hydrogens (tertiary/aromatic N) is 2. The predicted octanol–water partition coefficient (Wildman–Crippen LogP) is 3.14. The summed E-state index contributed by atoms with van der Waals surface area (Å²) in [4.78, 5) is 0. The van der Waals surface area contributed by atoms with E-state index in [9.17, 15) is 5.11 Å². The highest BCUT2D eigenvalue weighted by molar-refractivity contribution is 9.10. The van der Waals surface area contributed by atoms with E-state index in [0.29, 0.717) is 0 Å². The second kappa shape index (κ2) is 4.82. The molecule has 3 nitrogen and oxygen atoms in total. The Morgan fingerprint density at radius 2 is 2.22 bits per heavy atom. The maximum Gasteiger partial charge on any atom is 0.0738 e. The van der Waals surface area contributed by atoms with Gasteiger partial charge in [0.2, 0.25) is 0 Å². The molecule has 100 valence electrons. The summed E-state index contributed by atoms with van der Waals surface area (Å²) in [5, 5.41) is 14.3. The molecule has 0 amide bonds. The molecule has 1 aliphatic rings. The molecule has 0 saturated heterocycles. The van der Waals surface area contributed by atoms with E-state index in [-0.39, 0.29) is 11.5 Å². The highest BCUT2D eigenvalue weighted by atomic mass is 79.9. The van der Waals surface area contributed by atoms with Crippen LogP contribution in [0.15, 0.2) is 16.1 Å². The number of hydrogen-bond donors (Lipinski definition) is 1. The molecule has 1 N–H and O–H groups in total. The van der Waals surface area contributed by atoms with Crippen LogP contribution in [0.2, 0.25) is 0 Å². The second-order valence-corrected chi connectivity index (χ2v) is 6.88. The third kappa shape index (κ3) is 2.86. The maximum absolute atomic E-state index is 9.93. The molecule has 0 radical (unpaired) electrons. The summed E-state index contributed by atoms with van der Waals surface area (Å²) in [5.41, 5.74) is 3.69. The first-order valence-electron chi connectivity index (χ1n) is 6.34. The van der Waals surface area contributed by atoms with Crippen molar-refractivity contribution in [1.82, 2.24) is 9.78 Å². The van der Waals surface area contributed by atoms with Crippen LogP contribution in [0.3, 0.4) is 0 Å². The van der Waals surface area contributed by atoms with Crippen molar-refractivity contribution in [2.45, 2.75) is 46.1 Å². The smallest absolute Gasteiger partial charge is 0.0738 e. The molecule has 0 aromatic carbocycles. The molecule has 4 heteroatoms. The van der Waals surface area contributed by atoms with Crippen LogP contribution in [0.25, 0.3) is 0 Å². The van der Waals surface area contributed by atoms with Crippen molar-refractivity contribution in [3.05, 3.63) is 27.5 Å². The second-order valence-electron chi connectivity index (χ2n) is 6.08. The van der Waals surface area contributed by atoms with Gasteiger partial charge in [0, 0.05) is 13.5 Å². The average Bonchev–Trinajstić information content (AvgIpc) is 2.42. The fraction of sp³-hybridized carbons (Fsp3) is 0.643. The maximum atomic E-state index is 9.93. The van der Waals surface area contributed by atoms with E-state index >= 15 is 0 Å². The number of rotatable bonds is 2. The first kappa shape index (κ1) is 13.8. The van der Waals surface area contributed by atoms with Crippen molar-refractivity contribution in [3.63, 3.8) is 0 Å². The van der Waals surface area contributed by atoms with Crippen LogP contribution in [-0.2, 0) is 13.5 Å². The van der Waals surface area contributed by atoms with Crippen LogP contribution in [0, 0.1) is 12.3 Å². The number of hydrogen-bond acceptors (Lipinski definition) is 2. The molecule has 2 rings (SSSR count). The van der Waals surface area contributed by atoms with Crippen LogP contribution in [-0.4, -0.2) is 21.0 Å². The number of aliphatic hydroxyl groups is 1. The fourth-order valence-electron chi connectivity index (χ4n) is 2.85. The van der Waals surface area contributed by atoms with Crippen molar-refractivity contribution < 1.29 is 5.11 Å². The monoisotopic (exact) mass is 312 g/mol. The molecule has 1 atom stereocenters. The van der Waals surface area contributed by atoms with E-state index in [1.165, 1.54) is 11.3 Å². The van der Waals surface area contributed by atoms with Gasteiger partial charge >= 0.3 is 0 Å². The van der Waals surface area contributed by atoms with E-state index in [1.807, 2.05) is 24.7 Å². The molecule has 0 fully saturated rings. The van der Waals surface area contributed by atoms with E-state index in [0.717, 1.165) is 29.4 Å². The van der Waals surface area contributed by atoms with Gasteiger partial charge < -0.3 is 5.11 Å². The fourth-order valence-corrected chi connectivity index (χ4v) is 3.33. The van der Waals surface area contributed by atoms with Gasteiger partial charge in [0.1, 0.15) is 0 Å². The van der Waals surface area contributed by atoms with Crippen molar-refractivity contribution in [2.24, 2.45) is 12.5 Å². The third-order valence-electron chi connectivity index (χ3n) is 3.55. The first-order chi connectivity index (χ1) is 8.28. The summed E-state index contributed by atoms with van der Waals surface area (Å²) in [6.45, 7) is 6.43. The molecule has 1 heterocycles. The molecule has 0 aliphatic heterocycles. The van der Waals surface area contributed by atoms with Crippen LogP contribution in [0.5, 0.6) is 0 Å². The van der Waals surface area contributed by atoms with Crippen LogP contribution < -0.4 is 0 Å². The molecule has 1 aliphatic carbocycles. The summed E-state index contributed by atoms with van der Waals surface area (Å²) in [5.74, 6) is 0. The van der Waals surface area contributed by atoms with Crippen LogP contribution in [0.1, 0.15) is 38.1 Å². The molecular weight excluding hydrogens is 292 g/mol. The zero-order valence-electron chi connectivity index (χ0n) is 11.5. The van der Waals surface area contributed by atoms with Crippen LogP contribution in [0.4, 0.5) is 0 Å². The molecule has 1 aromatic heterocycles. The minimum atomic E-state index is -0.308. The topological polar surface area (TPSA) is 38.0 Å². The van der Waals surface area contributed by atoms with E-state index in [4.69, 9.17) is 0 Å². The number of allylic oxidation sites excluding steroid dienone is 1. The Kier molecular flexibility index (Phi) is 3.70. The van der Waals surface area contributed by atoms with Crippen molar-refractivity contribution in [3.8, 4) is 0 Å². The standard InChI is InChI=1S/C14H21BrN2O/c1-9-13(15)12(17(4)16-9)6-10-5-11(18)8-14(2,3)7-10/h5,11,18H,6-8H2,1-4H3. The Balaban J connectivity index is 2.24. The minimum absolute atomic E-state index is 0.184. The van der Waals surface area contributed by atoms with E-state index < -0.39 is 0 Å². The normalized spacial score (nSPS) is 23.0. The summed E-state index contributed by atoms with van der Waals surface area (Å²) in [6, 6.07) is 0. The van der Waals surface area contributed by atoms with Crippen molar-refractivity contribution >= 4 is 15.9 Å². The quantitative estimate of drug-likeness (QED) is 0.852. The Morgan fingerprint density at radius 3 is 2.72 bits per heavy atom. The van der Waals surface area contributed by atoms with Gasteiger partial charge in [-0.2, -0.15) is 5.10 Å². The number of aliphatic hydroxyl groups excluding tert-OH is 1. The van der Waals surface area contributed by atoms with Gasteiger partial charge in [-0.1, -0.05) is 25.5 Å². The summed E-state index contributed by atoms with van der Waals surface area (Å²) in [7, 11) is 1.97. The highest BCUT2D eigenvalue weighted by Gasteiger charge is 2.28. The molecule has 1 unspecified atom stereocenters. The Hall–Kier alpha value is -0.610. The van der Waals surface area contributed by atoms with Gasteiger partial charge in [0.25, 0.3) is 0 Å².